The third kappa shape index (κ3) is 6.53. The summed E-state index contributed by atoms with van der Waals surface area (Å²) in [7, 11) is 0. The molecule has 2 aromatic carbocycles. The molecule has 3 heterocycles. The summed E-state index contributed by atoms with van der Waals surface area (Å²) in [5, 5.41) is 10.9. The van der Waals surface area contributed by atoms with E-state index in [1.807, 2.05) is 74.5 Å². The summed E-state index contributed by atoms with van der Waals surface area (Å²) >= 11 is 3.82. The molecule has 3 unspecified atom stereocenters. The van der Waals surface area contributed by atoms with Crippen molar-refractivity contribution in [3.05, 3.63) is 97.1 Å². The normalized spacial score (nSPS) is 27.0. The van der Waals surface area contributed by atoms with E-state index in [1.165, 1.54) is 0 Å². The Morgan fingerprint density at radius 2 is 1.62 bits per heavy atom. The molecule has 3 saturated heterocycles. The minimum Gasteiger partial charge on any atom is -0.394 e. The van der Waals surface area contributed by atoms with Crippen molar-refractivity contribution in [3.63, 3.8) is 0 Å². The molecule has 1 spiro atoms. The van der Waals surface area contributed by atoms with Gasteiger partial charge in [0.05, 0.1) is 30.6 Å². The van der Waals surface area contributed by atoms with Crippen LogP contribution in [0.4, 0.5) is 0 Å². The number of ether oxygens (including phenoxy) is 1. The number of hydrogen-bond donors (Lipinski definition) is 1. The maximum absolute atomic E-state index is 15.3. The van der Waals surface area contributed by atoms with Crippen LogP contribution in [0.25, 0.3) is 0 Å². The lowest BCUT2D eigenvalue weighted by Gasteiger charge is -2.46. The maximum Gasteiger partial charge on any atom is 0.249 e. The summed E-state index contributed by atoms with van der Waals surface area (Å²) in [5.41, 5.74) is -0.318. The van der Waals surface area contributed by atoms with Crippen LogP contribution in [0.1, 0.15) is 64.6 Å². The number of aliphatic hydroxyl groups is 1. The number of likely N-dealkylation sites (tertiary alicyclic amines) is 1. The molecule has 3 fully saturated rings. The molecule has 9 heteroatoms. The predicted octanol–water partition coefficient (Wildman–Crippen LogP) is 5.91. The van der Waals surface area contributed by atoms with Gasteiger partial charge in [0.2, 0.25) is 17.7 Å². The zero-order valence-corrected chi connectivity index (χ0v) is 30.4. The second-order valence-corrected chi connectivity index (χ2v) is 16.5. The lowest BCUT2D eigenvalue weighted by atomic mass is 9.70. The molecule has 48 heavy (non-hydrogen) atoms. The molecule has 0 aromatic heterocycles. The number of hydrogen-bond acceptors (Lipinski definition) is 5. The molecule has 3 aliphatic heterocycles. The second kappa shape index (κ2) is 13.9. The molecule has 1 N–H and O–H groups in total. The Bertz CT molecular complexity index is 1510. The molecular formula is C39H50BrN3O5. The largest absolute Gasteiger partial charge is 0.394 e. The zero-order chi connectivity index (χ0) is 35.0. The molecule has 8 nitrogen and oxygen atoms in total. The standard InChI is InChI=1S/C39H50BrN3O5/c1-8-20-41(23-26-16-12-10-13-17-26)34(45)30-31-35(46)43(29(24-44)27-18-14-11-15-19-27)33(39(31)22-28(40)32(30)48-39)36(47)42(21-9-2)38(6,7)25-37(3,4)5/h8-19,28-33,44H,1-2,20-25H2,3-7H3/t28?,29-,30+,31+,32+,33?,39?/m1/s1. The zero-order valence-electron chi connectivity index (χ0n) is 28.8. The van der Waals surface area contributed by atoms with Crippen LogP contribution in [0.3, 0.4) is 0 Å². The van der Waals surface area contributed by atoms with Crippen molar-refractivity contribution < 1.29 is 24.2 Å². The summed E-state index contributed by atoms with van der Waals surface area (Å²) < 4.78 is 6.88. The van der Waals surface area contributed by atoms with Crippen LogP contribution < -0.4 is 0 Å². The van der Waals surface area contributed by atoms with E-state index in [9.17, 15) is 9.90 Å². The van der Waals surface area contributed by atoms with Crippen LogP contribution in [0.15, 0.2) is 86.0 Å². The average molecular weight is 721 g/mol. The van der Waals surface area contributed by atoms with Crippen LogP contribution in [0.2, 0.25) is 0 Å². The summed E-state index contributed by atoms with van der Waals surface area (Å²) in [6, 6.07) is 17.1. The van der Waals surface area contributed by atoms with Gasteiger partial charge in [-0.3, -0.25) is 14.4 Å². The van der Waals surface area contributed by atoms with Gasteiger partial charge < -0.3 is 24.5 Å². The molecule has 3 amide bonds. The first-order chi connectivity index (χ1) is 22.7. The first-order valence-corrected chi connectivity index (χ1v) is 17.8. The number of carbonyl (C=O) groups is 3. The molecule has 0 radical (unpaired) electrons. The topological polar surface area (TPSA) is 90.4 Å². The molecule has 258 valence electrons. The summed E-state index contributed by atoms with van der Waals surface area (Å²) in [4.78, 5) is 49.7. The van der Waals surface area contributed by atoms with E-state index in [-0.39, 0.29) is 34.5 Å². The van der Waals surface area contributed by atoms with E-state index in [0.29, 0.717) is 31.5 Å². The number of carbonyl (C=O) groups excluding carboxylic acids is 3. The van der Waals surface area contributed by atoms with Crippen LogP contribution >= 0.6 is 15.9 Å². The highest BCUT2D eigenvalue weighted by Crippen LogP contribution is 2.62. The Kier molecular flexibility index (Phi) is 10.4. The predicted molar refractivity (Wildman–Crippen MR) is 191 cm³/mol. The first-order valence-electron chi connectivity index (χ1n) is 16.9. The molecule has 2 bridgehead atoms. The average Bonchev–Trinajstić information content (AvgIpc) is 3.62. The minimum absolute atomic E-state index is 0.0962. The lowest BCUT2D eigenvalue weighted by molar-refractivity contribution is -0.156. The smallest absolute Gasteiger partial charge is 0.249 e. The number of aliphatic hydroxyl groups excluding tert-OH is 1. The number of nitrogens with zero attached hydrogens (tertiary/aromatic N) is 3. The van der Waals surface area contributed by atoms with Crippen molar-refractivity contribution in [2.75, 3.05) is 19.7 Å². The second-order valence-electron chi connectivity index (χ2n) is 15.3. The maximum atomic E-state index is 15.3. The molecule has 0 aliphatic carbocycles. The minimum atomic E-state index is -1.28. The molecule has 5 rings (SSSR count). The molecule has 3 aliphatic rings. The number of halogens is 1. The molecule has 0 saturated carbocycles. The highest BCUT2D eigenvalue weighted by atomic mass is 79.9. The van der Waals surface area contributed by atoms with Crippen LogP contribution in [0, 0.1) is 17.3 Å². The Morgan fingerprint density at radius 1 is 1.02 bits per heavy atom. The van der Waals surface area contributed by atoms with Gasteiger partial charge in [-0.25, -0.2) is 0 Å². The Balaban J connectivity index is 1.64. The van der Waals surface area contributed by atoms with Crippen LogP contribution in [-0.2, 0) is 25.7 Å². The van der Waals surface area contributed by atoms with E-state index in [2.05, 4.69) is 49.9 Å². The fourth-order valence-corrected chi connectivity index (χ4v) is 9.65. The van der Waals surface area contributed by atoms with Crippen molar-refractivity contribution in [1.29, 1.82) is 0 Å². The van der Waals surface area contributed by atoms with Crippen molar-refractivity contribution in [2.24, 2.45) is 17.3 Å². The van der Waals surface area contributed by atoms with Gasteiger partial charge in [0, 0.05) is 30.0 Å². The number of benzene rings is 2. The number of alkyl halides is 1. The number of fused-ring (bicyclic) bond motifs is 1. The Hall–Kier alpha value is -3.27. The van der Waals surface area contributed by atoms with Crippen molar-refractivity contribution in [2.45, 2.75) is 88.2 Å². The van der Waals surface area contributed by atoms with Gasteiger partial charge in [-0.05, 0) is 43.2 Å². The Labute approximate surface area is 293 Å². The lowest BCUT2D eigenvalue weighted by Crippen LogP contribution is -2.61. The van der Waals surface area contributed by atoms with Gasteiger partial charge in [-0.2, -0.15) is 0 Å². The van der Waals surface area contributed by atoms with Crippen molar-refractivity contribution in [3.8, 4) is 0 Å². The van der Waals surface area contributed by atoms with Gasteiger partial charge in [-0.15, -0.1) is 13.2 Å². The van der Waals surface area contributed by atoms with Gasteiger partial charge >= 0.3 is 0 Å². The first kappa shape index (κ1) is 36.0. The summed E-state index contributed by atoms with van der Waals surface area (Å²) in [6.45, 7) is 18.9. The molecule has 7 atom stereocenters. The van der Waals surface area contributed by atoms with E-state index in [4.69, 9.17) is 4.74 Å². The van der Waals surface area contributed by atoms with Crippen molar-refractivity contribution in [1.82, 2.24) is 14.7 Å². The highest BCUT2D eigenvalue weighted by Gasteiger charge is 2.77. The van der Waals surface area contributed by atoms with E-state index in [1.54, 1.807) is 26.9 Å². The molecular weight excluding hydrogens is 670 g/mol. The SMILES string of the molecule is C=CCN(Cc1ccccc1)C(=O)[C@H]1[C@H]2C(=O)N([C@H](CO)c3ccccc3)C(C(=O)N(CC=C)C(C)(C)CC(C)(C)C)C23CC(Br)[C@@H]1O3. The summed E-state index contributed by atoms with van der Waals surface area (Å²) in [5.74, 6) is -2.56. The van der Waals surface area contributed by atoms with E-state index in [0.717, 1.165) is 5.56 Å². The third-order valence-corrected chi connectivity index (χ3v) is 10.9. The van der Waals surface area contributed by atoms with E-state index >= 15 is 9.59 Å². The monoisotopic (exact) mass is 719 g/mol. The van der Waals surface area contributed by atoms with Gasteiger partial charge in [-0.1, -0.05) is 110 Å². The fourth-order valence-electron chi connectivity index (χ4n) is 8.70. The summed E-state index contributed by atoms with van der Waals surface area (Å²) in [6.07, 6.45) is 3.86. The fraction of sp³-hybridized carbons (Fsp3) is 0.513. The quantitative estimate of drug-likeness (QED) is 0.205. The van der Waals surface area contributed by atoms with Crippen LogP contribution in [-0.4, -0.2) is 85.3 Å². The number of amides is 3. The van der Waals surface area contributed by atoms with Crippen molar-refractivity contribution >= 4 is 33.7 Å². The van der Waals surface area contributed by atoms with Gasteiger partial charge in [0.1, 0.15) is 11.6 Å². The highest BCUT2D eigenvalue weighted by molar-refractivity contribution is 9.09. The van der Waals surface area contributed by atoms with Gasteiger partial charge in [0.25, 0.3) is 0 Å². The molecule has 2 aromatic rings. The van der Waals surface area contributed by atoms with Crippen LogP contribution in [0.5, 0.6) is 0 Å². The Morgan fingerprint density at radius 3 is 2.19 bits per heavy atom. The number of rotatable bonds is 13. The van der Waals surface area contributed by atoms with Gasteiger partial charge in [0.15, 0.2) is 0 Å². The third-order valence-electron chi connectivity index (χ3n) is 10.1. The van der Waals surface area contributed by atoms with E-state index < -0.39 is 47.8 Å².